The predicted molar refractivity (Wildman–Crippen MR) is 69.4 cm³/mol. The van der Waals surface area contributed by atoms with E-state index in [-0.39, 0.29) is 12.6 Å². The Morgan fingerprint density at radius 2 is 1.94 bits per heavy atom. The van der Waals surface area contributed by atoms with Crippen LogP contribution in [0.1, 0.15) is 32.3 Å². The maximum atomic E-state index is 12.0. The number of hydrogen-bond acceptors (Lipinski definition) is 3. The summed E-state index contributed by atoms with van der Waals surface area (Å²) in [4.78, 5) is 0.295. The molecule has 0 fully saturated rings. The van der Waals surface area contributed by atoms with Crippen LogP contribution in [0, 0.1) is 0 Å². The standard InChI is InChI=1S/C12H20N2O2S/c1-9(2)11-5-4-6-12(7-11)17(15,16)14-10(3)8-13/h4-7,9-10,14H,8,13H2,1-3H3/t10-/m0/s1. The Balaban J connectivity index is 3.03. The second-order valence-corrected chi connectivity index (χ2v) is 6.20. The molecule has 0 aliphatic carbocycles. The number of nitrogens with two attached hydrogens (primary N) is 1. The first kappa shape index (κ1) is 14.2. The maximum absolute atomic E-state index is 12.0. The summed E-state index contributed by atoms with van der Waals surface area (Å²) in [6.45, 7) is 6.08. The molecule has 0 radical (unpaired) electrons. The van der Waals surface area contributed by atoms with Gasteiger partial charge >= 0.3 is 0 Å². The van der Waals surface area contributed by atoms with Crippen molar-refractivity contribution in [1.29, 1.82) is 0 Å². The molecule has 4 nitrogen and oxygen atoms in total. The molecule has 0 aliphatic rings. The van der Waals surface area contributed by atoms with Gasteiger partial charge in [-0.2, -0.15) is 0 Å². The van der Waals surface area contributed by atoms with Crippen LogP contribution in [0.2, 0.25) is 0 Å². The van der Waals surface area contributed by atoms with Crippen LogP contribution in [0.3, 0.4) is 0 Å². The van der Waals surface area contributed by atoms with E-state index in [1.807, 2.05) is 19.9 Å². The largest absolute Gasteiger partial charge is 0.329 e. The molecule has 1 atom stereocenters. The van der Waals surface area contributed by atoms with Crippen molar-refractivity contribution in [2.45, 2.75) is 37.6 Å². The van der Waals surface area contributed by atoms with Gasteiger partial charge in [-0.15, -0.1) is 0 Å². The van der Waals surface area contributed by atoms with Crippen molar-refractivity contribution < 1.29 is 8.42 Å². The molecule has 0 spiro atoms. The quantitative estimate of drug-likeness (QED) is 0.837. The van der Waals surface area contributed by atoms with Crippen LogP contribution in [0.25, 0.3) is 0 Å². The maximum Gasteiger partial charge on any atom is 0.240 e. The van der Waals surface area contributed by atoms with Crippen LogP contribution in [0.4, 0.5) is 0 Å². The molecule has 1 aromatic rings. The molecule has 0 aromatic heterocycles. The summed E-state index contributed by atoms with van der Waals surface area (Å²) in [5.41, 5.74) is 6.42. The minimum atomic E-state index is -3.46. The van der Waals surface area contributed by atoms with E-state index in [4.69, 9.17) is 5.73 Å². The smallest absolute Gasteiger partial charge is 0.240 e. The topological polar surface area (TPSA) is 72.2 Å². The lowest BCUT2D eigenvalue weighted by molar-refractivity contribution is 0.562. The first-order valence-corrected chi connectivity index (χ1v) is 7.17. The molecule has 0 heterocycles. The average molecular weight is 256 g/mol. The molecular weight excluding hydrogens is 236 g/mol. The number of sulfonamides is 1. The van der Waals surface area contributed by atoms with E-state index in [0.29, 0.717) is 10.8 Å². The third-order valence-corrected chi connectivity index (χ3v) is 4.13. The molecule has 3 N–H and O–H groups in total. The van der Waals surface area contributed by atoms with E-state index in [2.05, 4.69) is 4.72 Å². The zero-order chi connectivity index (χ0) is 13.1. The Bertz CT molecular complexity index is 469. The van der Waals surface area contributed by atoms with Crippen molar-refractivity contribution in [3.8, 4) is 0 Å². The SMILES string of the molecule is CC(C)c1cccc(S(=O)(=O)N[C@@H](C)CN)c1. The zero-order valence-electron chi connectivity index (χ0n) is 10.5. The Morgan fingerprint density at radius 3 is 2.47 bits per heavy atom. The third-order valence-electron chi connectivity index (χ3n) is 2.54. The third kappa shape index (κ3) is 3.80. The molecule has 0 aliphatic heterocycles. The van der Waals surface area contributed by atoms with Crippen LogP contribution in [-0.2, 0) is 10.0 Å². The van der Waals surface area contributed by atoms with Gasteiger partial charge in [-0.3, -0.25) is 0 Å². The first-order valence-electron chi connectivity index (χ1n) is 5.69. The molecule has 96 valence electrons. The van der Waals surface area contributed by atoms with Gasteiger partial charge in [0, 0.05) is 12.6 Å². The highest BCUT2D eigenvalue weighted by Crippen LogP contribution is 2.18. The van der Waals surface area contributed by atoms with Crippen molar-refractivity contribution in [2.24, 2.45) is 5.73 Å². The lowest BCUT2D eigenvalue weighted by Gasteiger charge is -2.13. The van der Waals surface area contributed by atoms with E-state index >= 15 is 0 Å². The lowest BCUT2D eigenvalue weighted by atomic mass is 10.0. The van der Waals surface area contributed by atoms with E-state index < -0.39 is 10.0 Å². The molecule has 17 heavy (non-hydrogen) atoms. The number of benzene rings is 1. The molecule has 0 saturated carbocycles. The highest BCUT2D eigenvalue weighted by Gasteiger charge is 2.17. The first-order chi connectivity index (χ1) is 7.86. The minimum Gasteiger partial charge on any atom is -0.329 e. The summed E-state index contributed by atoms with van der Waals surface area (Å²) < 4.78 is 26.6. The van der Waals surface area contributed by atoms with Gasteiger partial charge in [0.25, 0.3) is 0 Å². The summed E-state index contributed by atoms with van der Waals surface area (Å²) in [6.07, 6.45) is 0. The summed E-state index contributed by atoms with van der Waals surface area (Å²) in [7, 11) is -3.46. The molecule has 0 bridgehead atoms. The molecular formula is C12H20N2O2S. The van der Waals surface area contributed by atoms with Gasteiger partial charge in [0.2, 0.25) is 10.0 Å². The van der Waals surface area contributed by atoms with Crippen LogP contribution in [0.5, 0.6) is 0 Å². The van der Waals surface area contributed by atoms with Gasteiger partial charge in [-0.05, 0) is 30.5 Å². The molecule has 5 heteroatoms. The number of hydrogen-bond donors (Lipinski definition) is 2. The van der Waals surface area contributed by atoms with Crippen molar-refractivity contribution in [2.75, 3.05) is 6.54 Å². The van der Waals surface area contributed by atoms with Crippen molar-refractivity contribution in [1.82, 2.24) is 4.72 Å². The number of rotatable bonds is 5. The van der Waals surface area contributed by atoms with Gasteiger partial charge in [0.15, 0.2) is 0 Å². The molecule has 0 unspecified atom stereocenters. The Hall–Kier alpha value is -0.910. The summed E-state index contributed by atoms with van der Waals surface area (Å²) in [5.74, 6) is 0.303. The lowest BCUT2D eigenvalue weighted by Crippen LogP contribution is -2.37. The summed E-state index contributed by atoms with van der Waals surface area (Å²) in [6, 6.07) is 6.73. The fourth-order valence-corrected chi connectivity index (χ4v) is 2.73. The monoisotopic (exact) mass is 256 g/mol. The Morgan fingerprint density at radius 1 is 1.29 bits per heavy atom. The fourth-order valence-electron chi connectivity index (χ4n) is 1.42. The van der Waals surface area contributed by atoms with Crippen molar-refractivity contribution >= 4 is 10.0 Å². The normalized spacial score (nSPS) is 13.9. The Kier molecular flexibility index (Phi) is 4.68. The molecule has 0 saturated heterocycles. The fraction of sp³-hybridized carbons (Fsp3) is 0.500. The minimum absolute atomic E-state index is 0.261. The average Bonchev–Trinajstić information content (AvgIpc) is 2.28. The van der Waals surface area contributed by atoms with Gasteiger partial charge in [-0.1, -0.05) is 26.0 Å². The second-order valence-electron chi connectivity index (χ2n) is 4.49. The summed E-state index contributed by atoms with van der Waals surface area (Å²) in [5, 5.41) is 0. The predicted octanol–water partition coefficient (Wildman–Crippen LogP) is 1.44. The molecule has 1 rings (SSSR count). The Labute approximate surface area is 103 Å². The second kappa shape index (κ2) is 5.62. The van der Waals surface area contributed by atoms with Crippen molar-refractivity contribution in [3.05, 3.63) is 29.8 Å². The van der Waals surface area contributed by atoms with Crippen LogP contribution < -0.4 is 10.5 Å². The van der Waals surface area contributed by atoms with E-state index in [9.17, 15) is 8.42 Å². The van der Waals surface area contributed by atoms with Crippen LogP contribution in [-0.4, -0.2) is 21.0 Å². The van der Waals surface area contributed by atoms with E-state index in [0.717, 1.165) is 5.56 Å². The highest BCUT2D eigenvalue weighted by molar-refractivity contribution is 7.89. The van der Waals surface area contributed by atoms with Gasteiger partial charge in [-0.25, -0.2) is 13.1 Å². The van der Waals surface area contributed by atoms with Gasteiger partial charge < -0.3 is 5.73 Å². The van der Waals surface area contributed by atoms with E-state index in [1.54, 1.807) is 25.1 Å². The summed E-state index contributed by atoms with van der Waals surface area (Å²) >= 11 is 0. The highest BCUT2D eigenvalue weighted by atomic mass is 32.2. The van der Waals surface area contributed by atoms with Gasteiger partial charge in [0.1, 0.15) is 0 Å². The van der Waals surface area contributed by atoms with Crippen LogP contribution in [0.15, 0.2) is 29.2 Å². The van der Waals surface area contributed by atoms with E-state index in [1.165, 1.54) is 0 Å². The number of nitrogens with one attached hydrogen (secondary N) is 1. The molecule has 0 amide bonds. The zero-order valence-corrected chi connectivity index (χ0v) is 11.3. The van der Waals surface area contributed by atoms with Gasteiger partial charge in [0.05, 0.1) is 4.90 Å². The van der Waals surface area contributed by atoms with Crippen LogP contribution >= 0.6 is 0 Å². The van der Waals surface area contributed by atoms with Crippen molar-refractivity contribution in [3.63, 3.8) is 0 Å². The molecule has 1 aromatic carbocycles.